The van der Waals surface area contributed by atoms with Gasteiger partial charge in [0.25, 0.3) is 5.91 Å². The third kappa shape index (κ3) is 4.60. The van der Waals surface area contributed by atoms with Crippen LogP contribution in [0.15, 0.2) is 21.4 Å². The van der Waals surface area contributed by atoms with Gasteiger partial charge in [0.2, 0.25) is 0 Å². The summed E-state index contributed by atoms with van der Waals surface area (Å²) >= 11 is 3.11. The minimum Gasteiger partial charge on any atom is -0.481 e. The summed E-state index contributed by atoms with van der Waals surface area (Å²) in [7, 11) is 0. The van der Waals surface area contributed by atoms with Crippen LogP contribution in [0.4, 0.5) is 0 Å². The van der Waals surface area contributed by atoms with Gasteiger partial charge < -0.3 is 14.8 Å². The molecule has 0 aliphatic heterocycles. The van der Waals surface area contributed by atoms with Crippen molar-refractivity contribution in [3.63, 3.8) is 0 Å². The quantitative estimate of drug-likeness (QED) is 0.875. The van der Waals surface area contributed by atoms with Gasteiger partial charge in [0.1, 0.15) is 6.26 Å². The minimum absolute atomic E-state index is 0.0162. The summed E-state index contributed by atoms with van der Waals surface area (Å²) < 4.78 is 5.44. The van der Waals surface area contributed by atoms with Gasteiger partial charge in [-0.2, -0.15) is 0 Å². The van der Waals surface area contributed by atoms with Crippen LogP contribution in [-0.4, -0.2) is 22.5 Å². The molecular weight excluding hydrogens is 290 g/mol. The van der Waals surface area contributed by atoms with Crippen LogP contribution in [0.3, 0.4) is 0 Å². The molecule has 1 heterocycles. The van der Waals surface area contributed by atoms with Gasteiger partial charge in [0.15, 0.2) is 4.67 Å². The highest BCUT2D eigenvalue weighted by Crippen LogP contribution is 2.16. The van der Waals surface area contributed by atoms with Crippen molar-refractivity contribution >= 4 is 27.8 Å². The Morgan fingerprint density at radius 2 is 2.18 bits per heavy atom. The number of carbonyl (C=O) groups excluding carboxylic acids is 1. The molecule has 2 N–H and O–H groups in total. The first-order valence-corrected chi connectivity index (χ1v) is 5.88. The molecule has 0 saturated carbocycles. The SMILES string of the molecule is CC(C)(CCC(=O)O)NC(=O)c1coc(Br)c1. The van der Waals surface area contributed by atoms with Crippen molar-refractivity contribution in [1.29, 1.82) is 0 Å². The summed E-state index contributed by atoms with van der Waals surface area (Å²) in [5.41, 5.74) is -0.167. The Labute approximate surface area is 107 Å². The first kappa shape index (κ1) is 13.8. The number of carbonyl (C=O) groups is 2. The molecule has 0 radical (unpaired) electrons. The molecule has 1 aromatic heterocycles. The molecule has 6 heteroatoms. The average Bonchev–Trinajstić information content (AvgIpc) is 2.61. The van der Waals surface area contributed by atoms with E-state index in [0.717, 1.165) is 0 Å². The molecule has 0 saturated heterocycles. The second-order valence-corrected chi connectivity index (χ2v) is 5.15. The molecule has 0 atom stereocenters. The molecule has 94 valence electrons. The average molecular weight is 304 g/mol. The molecule has 1 rings (SSSR count). The number of carboxylic acid groups (broad SMARTS) is 1. The monoisotopic (exact) mass is 303 g/mol. The fourth-order valence-corrected chi connectivity index (χ4v) is 1.63. The highest BCUT2D eigenvalue weighted by atomic mass is 79.9. The van der Waals surface area contributed by atoms with Crippen molar-refractivity contribution in [1.82, 2.24) is 5.32 Å². The van der Waals surface area contributed by atoms with Crippen molar-refractivity contribution in [3.8, 4) is 0 Å². The molecule has 1 amide bonds. The Morgan fingerprint density at radius 1 is 1.53 bits per heavy atom. The van der Waals surface area contributed by atoms with E-state index in [1.54, 1.807) is 19.9 Å². The van der Waals surface area contributed by atoms with E-state index in [0.29, 0.717) is 16.7 Å². The third-order valence-corrected chi connectivity index (χ3v) is 2.66. The van der Waals surface area contributed by atoms with Gasteiger partial charge in [-0.3, -0.25) is 9.59 Å². The number of rotatable bonds is 5. The highest BCUT2D eigenvalue weighted by molar-refractivity contribution is 9.10. The maximum absolute atomic E-state index is 11.8. The van der Waals surface area contributed by atoms with E-state index in [1.807, 2.05) is 0 Å². The zero-order chi connectivity index (χ0) is 13.1. The lowest BCUT2D eigenvalue weighted by atomic mass is 9.98. The summed E-state index contributed by atoms with van der Waals surface area (Å²) in [6, 6.07) is 1.56. The molecule has 0 aromatic carbocycles. The first-order valence-electron chi connectivity index (χ1n) is 5.08. The normalized spacial score (nSPS) is 11.2. The Morgan fingerprint density at radius 3 is 2.65 bits per heavy atom. The molecule has 5 nitrogen and oxygen atoms in total. The lowest BCUT2D eigenvalue weighted by molar-refractivity contribution is -0.137. The smallest absolute Gasteiger partial charge is 0.303 e. The van der Waals surface area contributed by atoms with Crippen molar-refractivity contribution in [2.24, 2.45) is 0 Å². The van der Waals surface area contributed by atoms with Gasteiger partial charge >= 0.3 is 5.97 Å². The summed E-state index contributed by atoms with van der Waals surface area (Å²) in [4.78, 5) is 22.3. The molecular formula is C11H14BrNO4. The zero-order valence-electron chi connectivity index (χ0n) is 9.62. The highest BCUT2D eigenvalue weighted by Gasteiger charge is 2.22. The van der Waals surface area contributed by atoms with Crippen molar-refractivity contribution < 1.29 is 19.1 Å². The second-order valence-electron chi connectivity index (χ2n) is 4.37. The number of halogens is 1. The fourth-order valence-electron chi connectivity index (χ4n) is 1.29. The first-order chi connectivity index (χ1) is 7.80. The zero-order valence-corrected chi connectivity index (χ0v) is 11.2. The van der Waals surface area contributed by atoms with Gasteiger partial charge in [-0.25, -0.2) is 0 Å². The topological polar surface area (TPSA) is 79.5 Å². The number of furan rings is 1. The number of amides is 1. The summed E-state index contributed by atoms with van der Waals surface area (Å²) in [5, 5.41) is 11.4. The maximum atomic E-state index is 11.8. The summed E-state index contributed by atoms with van der Waals surface area (Å²) in [6.07, 6.45) is 1.72. The van der Waals surface area contributed by atoms with Crippen LogP contribution in [0.2, 0.25) is 0 Å². The standard InChI is InChI=1S/C11H14BrNO4/c1-11(2,4-3-9(14)15)13-10(16)7-5-8(12)17-6-7/h5-6H,3-4H2,1-2H3,(H,13,16)(H,14,15). The largest absolute Gasteiger partial charge is 0.481 e. The Bertz CT molecular complexity index is 425. The number of aliphatic carboxylic acids is 1. The van der Waals surface area contributed by atoms with Crippen LogP contribution in [0, 0.1) is 0 Å². The van der Waals surface area contributed by atoms with E-state index in [-0.39, 0.29) is 12.3 Å². The van der Waals surface area contributed by atoms with Gasteiger partial charge in [-0.1, -0.05) is 0 Å². The second kappa shape index (κ2) is 5.35. The van der Waals surface area contributed by atoms with E-state index in [9.17, 15) is 9.59 Å². The molecule has 17 heavy (non-hydrogen) atoms. The summed E-state index contributed by atoms with van der Waals surface area (Å²) in [5.74, 6) is -1.16. The van der Waals surface area contributed by atoms with Crippen molar-refractivity contribution in [3.05, 3.63) is 22.6 Å². The van der Waals surface area contributed by atoms with Crippen LogP contribution in [0.25, 0.3) is 0 Å². The predicted octanol–water partition coefficient (Wildman–Crippen LogP) is 2.42. The van der Waals surface area contributed by atoms with Crippen LogP contribution >= 0.6 is 15.9 Å². The number of nitrogens with one attached hydrogen (secondary N) is 1. The Hall–Kier alpha value is -1.30. The number of hydrogen-bond donors (Lipinski definition) is 2. The number of hydrogen-bond acceptors (Lipinski definition) is 3. The molecule has 0 unspecified atom stereocenters. The molecule has 0 aliphatic rings. The van der Waals surface area contributed by atoms with Crippen LogP contribution in [0.5, 0.6) is 0 Å². The molecule has 0 bridgehead atoms. The van der Waals surface area contributed by atoms with Gasteiger partial charge in [-0.05, 0) is 36.2 Å². The minimum atomic E-state index is -0.877. The predicted molar refractivity (Wildman–Crippen MR) is 64.8 cm³/mol. The summed E-state index contributed by atoms with van der Waals surface area (Å²) in [6.45, 7) is 3.56. The maximum Gasteiger partial charge on any atom is 0.303 e. The van der Waals surface area contributed by atoms with E-state index < -0.39 is 11.5 Å². The molecule has 0 aliphatic carbocycles. The molecule has 0 fully saturated rings. The van der Waals surface area contributed by atoms with E-state index >= 15 is 0 Å². The van der Waals surface area contributed by atoms with Crippen LogP contribution in [0.1, 0.15) is 37.0 Å². The lowest BCUT2D eigenvalue weighted by Gasteiger charge is -2.25. The lowest BCUT2D eigenvalue weighted by Crippen LogP contribution is -2.43. The Balaban J connectivity index is 2.58. The van der Waals surface area contributed by atoms with Gasteiger partial charge in [-0.15, -0.1) is 0 Å². The molecule has 1 aromatic rings. The fraction of sp³-hybridized carbons (Fsp3) is 0.455. The van der Waals surface area contributed by atoms with Gasteiger partial charge in [0, 0.05) is 18.0 Å². The van der Waals surface area contributed by atoms with E-state index in [2.05, 4.69) is 21.2 Å². The molecule has 0 spiro atoms. The van der Waals surface area contributed by atoms with Gasteiger partial charge in [0.05, 0.1) is 5.56 Å². The van der Waals surface area contributed by atoms with Crippen molar-refractivity contribution in [2.75, 3.05) is 0 Å². The van der Waals surface area contributed by atoms with Crippen molar-refractivity contribution in [2.45, 2.75) is 32.2 Å². The van der Waals surface area contributed by atoms with Crippen LogP contribution in [-0.2, 0) is 4.79 Å². The van der Waals surface area contributed by atoms with E-state index in [1.165, 1.54) is 6.26 Å². The van der Waals surface area contributed by atoms with Crippen LogP contribution < -0.4 is 5.32 Å². The third-order valence-electron chi connectivity index (χ3n) is 2.25. The Kier molecular flexibility index (Phi) is 4.34. The number of carboxylic acids is 1. The van der Waals surface area contributed by atoms with E-state index in [4.69, 9.17) is 9.52 Å².